The molecule has 27 heavy (non-hydrogen) atoms. The summed E-state index contributed by atoms with van der Waals surface area (Å²) in [6, 6.07) is 1.98. The third kappa shape index (κ3) is 3.61. The van der Waals surface area contributed by atoms with Crippen LogP contribution in [0.5, 0.6) is 0 Å². The van der Waals surface area contributed by atoms with E-state index in [9.17, 15) is 4.79 Å². The summed E-state index contributed by atoms with van der Waals surface area (Å²) < 4.78 is 3.61. The van der Waals surface area contributed by atoms with E-state index < -0.39 is 0 Å². The van der Waals surface area contributed by atoms with E-state index in [0.717, 1.165) is 69.4 Å². The molecule has 2 aromatic heterocycles. The van der Waals surface area contributed by atoms with Gasteiger partial charge in [0.05, 0.1) is 18.4 Å². The summed E-state index contributed by atoms with van der Waals surface area (Å²) in [5.74, 6) is 2.60. The van der Waals surface area contributed by atoms with Gasteiger partial charge in [-0.1, -0.05) is 0 Å². The van der Waals surface area contributed by atoms with Crippen LogP contribution >= 0.6 is 0 Å². The predicted octanol–water partition coefficient (Wildman–Crippen LogP) is -0.0814. The third-order valence-corrected chi connectivity index (χ3v) is 5.77. The SMILES string of the molecule is CCn1c(CN2CCN(c3cnn(C)c(=O)c3)CC2)nnc1C1CC(N)C1. The molecule has 2 aliphatic rings. The highest BCUT2D eigenvalue weighted by Gasteiger charge is 2.32. The molecule has 0 radical (unpaired) electrons. The minimum atomic E-state index is -0.0748. The molecule has 2 N–H and O–H groups in total. The number of aromatic nitrogens is 5. The second-order valence-electron chi connectivity index (χ2n) is 7.59. The fraction of sp³-hybridized carbons (Fsp3) is 0.667. The van der Waals surface area contributed by atoms with E-state index in [1.807, 2.05) is 0 Å². The fourth-order valence-electron chi connectivity index (χ4n) is 3.98. The highest BCUT2D eigenvalue weighted by atomic mass is 16.1. The maximum Gasteiger partial charge on any atom is 0.268 e. The maximum absolute atomic E-state index is 11.8. The molecule has 146 valence electrons. The molecule has 1 saturated carbocycles. The van der Waals surface area contributed by atoms with Crippen LogP contribution in [0.3, 0.4) is 0 Å². The Balaban J connectivity index is 1.38. The molecule has 0 atom stereocenters. The topological polar surface area (TPSA) is 98.1 Å². The van der Waals surface area contributed by atoms with E-state index in [1.54, 1.807) is 19.3 Å². The Hall–Kier alpha value is -2.26. The van der Waals surface area contributed by atoms with Gasteiger partial charge in [0.2, 0.25) is 0 Å². The van der Waals surface area contributed by atoms with Crippen molar-refractivity contribution in [2.45, 2.75) is 44.8 Å². The van der Waals surface area contributed by atoms with Crippen LogP contribution in [-0.4, -0.2) is 61.7 Å². The van der Waals surface area contributed by atoms with Gasteiger partial charge in [0.15, 0.2) is 0 Å². The number of hydrogen-bond donors (Lipinski definition) is 1. The van der Waals surface area contributed by atoms with Crippen LogP contribution in [0.15, 0.2) is 17.1 Å². The highest BCUT2D eigenvalue weighted by Crippen LogP contribution is 2.34. The lowest BCUT2D eigenvalue weighted by Crippen LogP contribution is -2.46. The van der Waals surface area contributed by atoms with Crippen molar-refractivity contribution < 1.29 is 0 Å². The number of anilines is 1. The summed E-state index contributed by atoms with van der Waals surface area (Å²) in [5, 5.41) is 13.1. The third-order valence-electron chi connectivity index (χ3n) is 5.77. The van der Waals surface area contributed by atoms with Gasteiger partial charge in [-0.3, -0.25) is 9.69 Å². The highest BCUT2D eigenvalue weighted by molar-refractivity contribution is 5.43. The Bertz CT molecular complexity index is 845. The van der Waals surface area contributed by atoms with E-state index in [4.69, 9.17) is 5.73 Å². The van der Waals surface area contributed by atoms with Gasteiger partial charge in [-0.25, -0.2) is 4.68 Å². The van der Waals surface area contributed by atoms with Crippen LogP contribution in [-0.2, 0) is 20.1 Å². The summed E-state index contributed by atoms with van der Waals surface area (Å²) in [7, 11) is 1.67. The van der Waals surface area contributed by atoms with Gasteiger partial charge in [0, 0.05) is 57.8 Å². The van der Waals surface area contributed by atoms with Crippen molar-refractivity contribution in [1.82, 2.24) is 29.4 Å². The molecule has 1 aliphatic heterocycles. The Morgan fingerprint density at radius 1 is 1.19 bits per heavy atom. The van der Waals surface area contributed by atoms with Gasteiger partial charge in [0.1, 0.15) is 11.6 Å². The second-order valence-corrected chi connectivity index (χ2v) is 7.59. The Kier molecular flexibility index (Phi) is 4.96. The lowest BCUT2D eigenvalue weighted by Gasteiger charge is -2.35. The molecule has 2 fully saturated rings. The Morgan fingerprint density at radius 2 is 1.93 bits per heavy atom. The van der Waals surface area contributed by atoms with Crippen LogP contribution < -0.4 is 16.2 Å². The van der Waals surface area contributed by atoms with Crippen molar-refractivity contribution in [1.29, 1.82) is 0 Å². The summed E-state index contributed by atoms with van der Waals surface area (Å²) in [6.07, 6.45) is 3.79. The second kappa shape index (κ2) is 7.40. The van der Waals surface area contributed by atoms with Crippen LogP contribution in [0.25, 0.3) is 0 Å². The first kappa shape index (κ1) is 18.1. The van der Waals surface area contributed by atoms with E-state index in [2.05, 4.69) is 36.6 Å². The molecular weight excluding hydrogens is 344 g/mol. The molecule has 9 heteroatoms. The summed E-state index contributed by atoms with van der Waals surface area (Å²) in [6.45, 7) is 7.45. The monoisotopic (exact) mass is 372 g/mol. The van der Waals surface area contributed by atoms with Crippen molar-refractivity contribution in [3.8, 4) is 0 Å². The fourth-order valence-corrected chi connectivity index (χ4v) is 3.98. The summed E-state index contributed by atoms with van der Waals surface area (Å²) >= 11 is 0. The van der Waals surface area contributed by atoms with Gasteiger partial charge < -0.3 is 15.2 Å². The minimum absolute atomic E-state index is 0.0748. The maximum atomic E-state index is 11.8. The first-order valence-electron chi connectivity index (χ1n) is 9.73. The molecule has 0 aromatic carbocycles. The molecule has 2 aromatic rings. The molecule has 1 aliphatic carbocycles. The van der Waals surface area contributed by atoms with Crippen molar-refractivity contribution in [3.63, 3.8) is 0 Å². The Labute approximate surface area is 158 Å². The molecule has 0 amide bonds. The zero-order valence-corrected chi connectivity index (χ0v) is 16.1. The van der Waals surface area contributed by atoms with Gasteiger partial charge in [-0.05, 0) is 19.8 Å². The number of nitrogens with zero attached hydrogens (tertiary/aromatic N) is 7. The standard InChI is InChI=1S/C18H28N8O/c1-3-26-16(21-22-18(26)13-8-14(19)9-13)12-24-4-6-25(7-5-24)15-10-17(27)23(2)20-11-15/h10-11,13-14H,3-9,12,19H2,1-2H3. The lowest BCUT2D eigenvalue weighted by atomic mass is 9.80. The van der Waals surface area contributed by atoms with Crippen LogP contribution in [0, 0.1) is 0 Å². The van der Waals surface area contributed by atoms with Crippen LogP contribution in [0.1, 0.15) is 37.3 Å². The zero-order valence-electron chi connectivity index (χ0n) is 16.1. The van der Waals surface area contributed by atoms with Crippen LogP contribution in [0.4, 0.5) is 5.69 Å². The first-order valence-corrected chi connectivity index (χ1v) is 9.73. The molecular formula is C18H28N8O. The van der Waals surface area contributed by atoms with E-state index in [-0.39, 0.29) is 5.56 Å². The number of aryl methyl sites for hydroxylation is 1. The number of piperazine rings is 1. The number of hydrogen-bond acceptors (Lipinski definition) is 7. The smallest absolute Gasteiger partial charge is 0.268 e. The molecule has 0 spiro atoms. The predicted molar refractivity (Wildman–Crippen MR) is 103 cm³/mol. The number of rotatable bonds is 5. The zero-order chi connectivity index (χ0) is 19.0. The van der Waals surface area contributed by atoms with E-state index in [0.29, 0.717) is 12.0 Å². The summed E-state index contributed by atoms with van der Waals surface area (Å²) in [4.78, 5) is 16.4. The molecule has 9 nitrogen and oxygen atoms in total. The minimum Gasteiger partial charge on any atom is -0.368 e. The largest absolute Gasteiger partial charge is 0.368 e. The van der Waals surface area contributed by atoms with Gasteiger partial charge >= 0.3 is 0 Å². The van der Waals surface area contributed by atoms with Gasteiger partial charge in [-0.2, -0.15) is 5.10 Å². The first-order chi connectivity index (χ1) is 13.0. The average molecular weight is 372 g/mol. The molecule has 0 bridgehead atoms. The van der Waals surface area contributed by atoms with Crippen molar-refractivity contribution in [3.05, 3.63) is 34.3 Å². The molecule has 4 rings (SSSR count). The van der Waals surface area contributed by atoms with E-state index >= 15 is 0 Å². The average Bonchev–Trinajstić information content (AvgIpc) is 3.04. The van der Waals surface area contributed by atoms with Crippen molar-refractivity contribution in [2.24, 2.45) is 12.8 Å². The van der Waals surface area contributed by atoms with Gasteiger partial charge in [0.25, 0.3) is 5.56 Å². The number of nitrogens with two attached hydrogens (primary N) is 1. The van der Waals surface area contributed by atoms with Crippen LogP contribution in [0.2, 0.25) is 0 Å². The summed E-state index contributed by atoms with van der Waals surface area (Å²) in [5.41, 5.74) is 6.76. The van der Waals surface area contributed by atoms with Gasteiger partial charge in [-0.15, -0.1) is 10.2 Å². The van der Waals surface area contributed by atoms with E-state index in [1.165, 1.54) is 4.68 Å². The molecule has 1 saturated heterocycles. The molecule has 3 heterocycles. The lowest BCUT2D eigenvalue weighted by molar-refractivity contribution is 0.239. The van der Waals surface area contributed by atoms with Crippen molar-refractivity contribution in [2.75, 3.05) is 31.1 Å². The normalized spacial score (nSPS) is 23.4. The Morgan fingerprint density at radius 3 is 2.56 bits per heavy atom. The quantitative estimate of drug-likeness (QED) is 0.784. The molecule has 0 unspecified atom stereocenters. The van der Waals surface area contributed by atoms with Crippen molar-refractivity contribution >= 4 is 5.69 Å².